The van der Waals surface area contributed by atoms with Crippen LogP contribution in [0.4, 0.5) is 0 Å². The zero-order chi connectivity index (χ0) is 14.8. The summed E-state index contributed by atoms with van der Waals surface area (Å²) in [6.45, 7) is 1.92. The molecule has 0 aliphatic rings. The first-order chi connectivity index (χ1) is 9.73. The van der Waals surface area contributed by atoms with E-state index >= 15 is 0 Å². The average molecular weight is 418 g/mol. The molecule has 0 bridgehead atoms. The first kappa shape index (κ1) is 31.0. The van der Waals surface area contributed by atoms with Crippen LogP contribution in [0.15, 0.2) is 36.4 Å². The van der Waals surface area contributed by atoms with Crippen molar-refractivity contribution in [3.05, 3.63) is 59.2 Å². The smallest absolute Gasteiger partial charge is 1.00 e. The molecule has 10 heteroatoms. The molecule has 2 rings (SSSR count). The topological polar surface area (TPSA) is 161 Å². The van der Waals surface area contributed by atoms with Crippen molar-refractivity contribution < 1.29 is 47.4 Å². The molecule has 0 fully saturated rings. The van der Waals surface area contributed by atoms with E-state index < -0.39 is 0 Å². The first-order valence-electron chi connectivity index (χ1n) is 6.43. The van der Waals surface area contributed by atoms with E-state index in [1.165, 1.54) is 0 Å². The summed E-state index contributed by atoms with van der Waals surface area (Å²) in [5, 5.41) is 0. The monoisotopic (exact) mass is 417 g/mol. The summed E-state index contributed by atoms with van der Waals surface area (Å²) < 4.78 is 0. The third-order valence-electron chi connectivity index (χ3n) is 2.57. The number of aromatic nitrogens is 2. The summed E-state index contributed by atoms with van der Waals surface area (Å²) >= 11 is 0. The molecular weight excluding hydrogens is 394 g/mol. The van der Waals surface area contributed by atoms with E-state index in [4.69, 9.17) is 22.9 Å². The molecule has 1 radical (unpaired) electrons. The molecule has 2 heterocycles. The van der Waals surface area contributed by atoms with E-state index in [1.54, 1.807) is 0 Å². The summed E-state index contributed by atoms with van der Waals surface area (Å²) in [5.41, 5.74) is 25.0. The Labute approximate surface area is 165 Å². The third-order valence-corrected chi connectivity index (χ3v) is 2.57. The normalized spacial score (nSPS) is 8.17. The van der Waals surface area contributed by atoms with Crippen LogP contribution in [0, 0.1) is 0 Å². The fourth-order valence-corrected chi connectivity index (χ4v) is 1.51. The van der Waals surface area contributed by atoms with Crippen molar-refractivity contribution in [2.45, 2.75) is 26.2 Å². The minimum absolute atomic E-state index is 0. The summed E-state index contributed by atoms with van der Waals surface area (Å²) in [5.74, 6) is 0. The van der Waals surface area contributed by atoms with Crippen LogP contribution in [-0.2, 0) is 43.2 Å². The van der Waals surface area contributed by atoms with Crippen LogP contribution in [0.25, 0.3) is 0 Å². The van der Waals surface area contributed by atoms with E-state index in [0.717, 1.165) is 22.8 Å². The number of hydrogen-bond donors (Lipinski definition) is 4. The number of hydrogen-bond acceptors (Lipinski definition) is 6. The summed E-state index contributed by atoms with van der Waals surface area (Å²) in [6.07, 6.45) is 0. The predicted octanol–water partition coefficient (Wildman–Crippen LogP) is -6.82. The van der Waals surface area contributed by atoms with E-state index in [-0.39, 0.29) is 47.4 Å². The summed E-state index contributed by atoms with van der Waals surface area (Å²) in [4.78, 5) is 8.32. The Hall–Kier alpha value is -0.801. The second-order valence-electron chi connectivity index (χ2n) is 4.06. The zero-order valence-corrected chi connectivity index (χ0v) is 15.8. The number of rotatable bonds is 4. The van der Waals surface area contributed by atoms with Gasteiger partial charge in [-0.3, -0.25) is 9.97 Å². The molecule has 0 saturated carbocycles. The molecule has 137 valence electrons. The SMILES string of the molecule is NCc1cccc(CN)n1.NCc1cccc(CN)n1.O.[Cl-].[Cl-].[Mn+2]. The molecule has 10 N–H and O–H groups in total. The van der Waals surface area contributed by atoms with Gasteiger partial charge in [0.1, 0.15) is 0 Å². The van der Waals surface area contributed by atoms with E-state index in [2.05, 4.69) is 9.97 Å². The van der Waals surface area contributed by atoms with Gasteiger partial charge in [-0.2, -0.15) is 0 Å². The van der Waals surface area contributed by atoms with Gasteiger partial charge in [-0.1, -0.05) is 12.1 Å². The van der Waals surface area contributed by atoms with Crippen molar-refractivity contribution in [3.8, 4) is 0 Å². The van der Waals surface area contributed by atoms with Crippen molar-refractivity contribution >= 4 is 0 Å². The molecule has 7 nitrogen and oxygen atoms in total. The minimum Gasteiger partial charge on any atom is -1.00 e. The van der Waals surface area contributed by atoms with Crippen LogP contribution in [0.5, 0.6) is 0 Å². The van der Waals surface area contributed by atoms with Crippen molar-refractivity contribution in [3.63, 3.8) is 0 Å². The maximum absolute atomic E-state index is 5.37. The van der Waals surface area contributed by atoms with Crippen LogP contribution in [0.1, 0.15) is 22.8 Å². The second-order valence-corrected chi connectivity index (χ2v) is 4.06. The Bertz CT molecular complexity index is 450. The molecule has 0 amide bonds. The van der Waals surface area contributed by atoms with Gasteiger partial charge in [0, 0.05) is 26.2 Å². The molecule has 24 heavy (non-hydrogen) atoms. The molecule has 0 aromatic carbocycles. The quantitative estimate of drug-likeness (QED) is 0.361. The molecule has 2 aromatic heterocycles. The Balaban J connectivity index is -0.000000143. The van der Waals surface area contributed by atoms with Crippen molar-refractivity contribution in [2.24, 2.45) is 22.9 Å². The maximum Gasteiger partial charge on any atom is 2.00 e. The molecule has 2 aromatic rings. The zero-order valence-electron chi connectivity index (χ0n) is 13.1. The molecule has 0 unspecified atom stereocenters. The van der Waals surface area contributed by atoms with Crippen molar-refractivity contribution in [2.75, 3.05) is 0 Å². The Kier molecular flexibility index (Phi) is 24.0. The van der Waals surface area contributed by atoms with Gasteiger partial charge in [-0.25, -0.2) is 0 Å². The number of halogens is 2. The standard InChI is InChI=1S/2C7H11N3.2ClH.Mn.H2O/c2*8-4-6-2-1-3-7(5-9)10-6;;;;/h2*1-3H,4-5,8-9H2;2*1H;;1H2/q;;;;+2;/p-2. The fraction of sp³-hybridized carbons (Fsp3) is 0.286. The van der Waals surface area contributed by atoms with Crippen molar-refractivity contribution in [1.82, 2.24) is 9.97 Å². The van der Waals surface area contributed by atoms with Gasteiger partial charge in [-0.05, 0) is 24.3 Å². The van der Waals surface area contributed by atoms with Gasteiger partial charge >= 0.3 is 17.1 Å². The largest absolute Gasteiger partial charge is 2.00 e. The minimum atomic E-state index is 0. The molecule has 0 aliphatic carbocycles. The molecular formula is C14H24Cl2MnN6O. The number of nitrogens with zero attached hydrogens (tertiary/aromatic N) is 2. The van der Waals surface area contributed by atoms with Crippen LogP contribution >= 0.6 is 0 Å². The van der Waals surface area contributed by atoms with Gasteiger partial charge in [-0.15, -0.1) is 0 Å². The van der Waals surface area contributed by atoms with Crippen LogP contribution in [-0.4, -0.2) is 15.4 Å². The summed E-state index contributed by atoms with van der Waals surface area (Å²) in [7, 11) is 0. The van der Waals surface area contributed by atoms with Crippen LogP contribution in [0.3, 0.4) is 0 Å². The maximum atomic E-state index is 5.37. The molecule has 0 saturated heterocycles. The van der Waals surface area contributed by atoms with Gasteiger partial charge < -0.3 is 53.2 Å². The molecule has 0 atom stereocenters. The Morgan fingerprint density at radius 1 is 0.583 bits per heavy atom. The average Bonchev–Trinajstić information content (AvgIpc) is 2.55. The van der Waals surface area contributed by atoms with Crippen molar-refractivity contribution in [1.29, 1.82) is 0 Å². The van der Waals surface area contributed by atoms with E-state index in [1.807, 2.05) is 36.4 Å². The fourth-order valence-electron chi connectivity index (χ4n) is 1.51. The Morgan fingerprint density at radius 2 is 0.792 bits per heavy atom. The summed E-state index contributed by atoms with van der Waals surface area (Å²) in [6, 6.07) is 11.4. The first-order valence-corrected chi connectivity index (χ1v) is 6.43. The second kappa shape index (κ2) is 18.5. The van der Waals surface area contributed by atoms with Crippen LogP contribution in [0.2, 0.25) is 0 Å². The van der Waals surface area contributed by atoms with Gasteiger partial charge in [0.25, 0.3) is 0 Å². The third kappa shape index (κ3) is 11.7. The predicted molar refractivity (Wildman–Crippen MR) is 83.7 cm³/mol. The van der Waals surface area contributed by atoms with Gasteiger partial charge in [0.15, 0.2) is 0 Å². The van der Waals surface area contributed by atoms with Gasteiger partial charge in [0.2, 0.25) is 0 Å². The van der Waals surface area contributed by atoms with Crippen LogP contribution < -0.4 is 47.7 Å². The number of nitrogens with two attached hydrogens (primary N) is 4. The van der Waals surface area contributed by atoms with E-state index in [0.29, 0.717) is 26.2 Å². The Morgan fingerprint density at radius 3 is 0.958 bits per heavy atom. The van der Waals surface area contributed by atoms with Gasteiger partial charge in [0.05, 0.1) is 22.8 Å². The molecule has 0 spiro atoms. The van der Waals surface area contributed by atoms with E-state index in [9.17, 15) is 0 Å². The number of pyridine rings is 2. The molecule has 0 aliphatic heterocycles.